The zero-order valence-corrected chi connectivity index (χ0v) is 18.5. The Labute approximate surface area is 191 Å². The van der Waals surface area contributed by atoms with Gasteiger partial charge in [-0.2, -0.15) is 0 Å². The highest BCUT2D eigenvalue weighted by atomic mass is 16.6. The number of pyridine rings is 1. The van der Waals surface area contributed by atoms with Crippen molar-refractivity contribution in [3.8, 4) is 17.2 Å². The van der Waals surface area contributed by atoms with Crippen LogP contribution in [0.3, 0.4) is 0 Å². The Morgan fingerprint density at radius 3 is 2.30 bits per heavy atom. The predicted octanol–water partition coefficient (Wildman–Crippen LogP) is 4.37. The van der Waals surface area contributed by atoms with Crippen molar-refractivity contribution in [1.29, 1.82) is 0 Å². The van der Waals surface area contributed by atoms with Gasteiger partial charge in [-0.1, -0.05) is 29.8 Å². The van der Waals surface area contributed by atoms with Crippen LogP contribution in [0, 0.1) is 6.92 Å². The Morgan fingerprint density at radius 1 is 0.970 bits per heavy atom. The number of rotatable bonds is 5. The molecule has 0 saturated heterocycles. The molecule has 5 rings (SSSR count). The largest absolute Gasteiger partial charge is 0.497 e. The molecule has 166 valence electrons. The molecule has 0 atom stereocenters. The zero-order valence-electron chi connectivity index (χ0n) is 18.5. The van der Waals surface area contributed by atoms with E-state index in [0.717, 1.165) is 5.56 Å². The molecule has 0 radical (unpaired) electrons. The lowest BCUT2D eigenvalue weighted by Crippen LogP contribution is -2.21. The molecule has 0 aliphatic carbocycles. The van der Waals surface area contributed by atoms with Gasteiger partial charge in [-0.05, 0) is 42.8 Å². The van der Waals surface area contributed by atoms with Crippen molar-refractivity contribution in [2.45, 2.75) is 13.5 Å². The summed E-state index contributed by atoms with van der Waals surface area (Å²) in [5.74, 6) is 1.42. The van der Waals surface area contributed by atoms with Gasteiger partial charge in [0.15, 0.2) is 17.3 Å². The van der Waals surface area contributed by atoms with E-state index in [0.29, 0.717) is 53.5 Å². The molecule has 0 fully saturated rings. The summed E-state index contributed by atoms with van der Waals surface area (Å²) in [4.78, 5) is 26.8. The number of benzene rings is 3. The number of hydrogen-bond donors (Lipinski definition) is 0. The quantitative estimate of drug-likeness (QED) is 0.430. The second-order valence-corrected chi connectivity index (χ2v) is 8.06. The predicted molar refractivity (Wildman–Crippen MR) is 126 cm³/mol. The second kappa shape index (κ2) is 8.47. The first kappa shape index (κ1) is 20.8. The SMILES string of the molecule is COc1ccc(C(=O)c2cn(Cc3ccc(C)cc3)c3cc4c(cc3c2=O)OCCO4)cc1. The molecule has 6 nitrogen and oxygen atoms in total. The number of carbonyl (C=O) groups excluding carboxylic acids is 1. The van der Waals surface area contributed by atoms with Gasteiger partial charge in [0.1, 0.15) is 19.0 Å². The van der Waals surface area contributed by atoms with Crippen LogP contribution in [-0.2, 0) is 6.54 Å². The van der Waals surface area contributed by atoms with Gasteiger partial charge in [0.2, 0.25) is 5.43 Å². The number of ketones is 1. The van der Waals surface area contributed by atoms with E-state index in [1.54, 1.807) is 43.6 Å². The van der Waals surface area contributed by atoms with Gasteiger partial charge in [0.05, 0.1) is 23.6 Å². The molecule has 0 bridgehead atoms. The van der Waals surface area contributed by atoms with Gasteiger partial charge in [-0.3, -0.25) is 9.59 Å². The normalized spacial score (nSPS) is 12.5. The van der Waals surface area contributed by atoms with E-state index in [1.165, 1.54) is 5.56 Å². The fraction of sp³-hybridized carbons (Fsp3) is 0.185. The standard InChI is InChI=1S/C27H23NO5/c1-17-3-5-18(6-4-17)15-28-16-22(26(29)19-7-9-20(31-2)10-8-19)27(30)21-13-24-25(14-23(21)28)33-12-11-32-24/h3-10,13-14,16H,11-12,15H2,1-2H3. The van der Waals surface area contributed by atoms with Crippen molar-refractivity contribution in [2.24, 2.45) is 0 Å². The fourth-order valence-electron chi connectivity index (χ4n) is 4.01. The Kier molecular flexibility index (Phi) is 5.34. The summed E-state index contributed by atoms with van der Waals surface area (Å²) < 4.78 is 18.5. The van der Waals surface area contributed by atoms with E-state index in [-0.39, 0.29) is 16.8 Å². The van der Waals surface area contributed by atoms with Gasteiger partial charge in [0.25, 0.3) is 0 Å². The van der Waals surface area contributed by atoms with Gasteiger partial charge in [0, 0.05) is 24.4 Å². The third kappa shape index (κ3) is 3.96. The van der Waals surface area contributed by atoms with Crippen LogP contribution in [0.15, 0.2) is 71.7 Å². The topological polar surface area (TPSA) is 66.8 Å². The minimum atomic E-state index is -0.336. The lowest BCUT2D eigenvalue weighted by Gasteiger charge is -2.21. The first-order valence-corrected chi connectivity index (χ1v) is 10.7. The molecule has 0 saturated carbocycles. The van der Waals surface area contributed by atoms with E-state index >= 15 is 0 Å². The number of aromatic nitrogens is 1. The average Bonchev–Trinajstić information content (AvgIpc) is 2.86. The summed E-state index contributed by atoms with van der Waals surface area (Å²) in [5, 5.41) is 0.422. The lowest BCUT2D eigenvalue weighted by atomic mass is 10.0. The highest BCUT2D eigenvalue weighted by Crippen LogP contribution is 2.34. The second-order valence-electron chi connectivity index (χ2n) is 8.06. The first-order chi connectivity index (χ1) is 16.0. The first-order valence-electron chi connectivity index (χ1n) is 10.7. The van der Waals surface area contributed by atoms with Crippen molar-refractivity contribution in [3.05, 3.63) is 99.3 Å². The summed E-state index contributed by atoms with van der Waals surface area (Å²) in [7, 11) is 1.57. The summed E-state index contributed by atoms with van der Waals surface area (Å²) in [6, 6.07) is 18.4. The maximum Gasteiger partial charge on any atom is 0.200 e. The molecule has 3 aromatic carbocycles. The Morgan fingerprint density at radius 2 is 1.64 bits per heavy atom. The Balaban J connectivity index is 1.68. The van der Waals surface area contributed by atoms with Crippen LogP contribution in [0.25, 0.3) is 10.9 Å². The highest BCUT2D eigenvalue weighted by Gasteiger charge is 2.21. The molecular weight excluding hydrogens is 418 g/mol. The molecule has 1 aliphatic rings. The van der Waals surface area contributed by atoms with Crippen LogP contribution >= 0.6 is 0 Å². The van der Waals surface area contributed by atoms with Gasteiger partial charge in [-0.25, -0.2) is 0 Å². The number of ether oxygens (including phenoxy) is 3. The average molecular weight is 441 g/mol. The van der Waals surface area contributed by atoms with Crippen LogP contribution in [-0.4, -0.2) is 30.7 Å². The van der Waals surface area contributed by atoms with E-state index in [2.05, 4.69) is 0 Å². The van der Waals surface area contributed by atoms with Crippen LogP contribution < -0.4 is 19.6 Å². The van der Waals surface area contributed by atoms with Crippen LogP contribution in [0.5, 0.6) is 17.2 Å². The minimum absolute atomic E-state index is 0.108. The van der Waals surface area contributed by atoms with Crippen LogP contribution in [0.2, 0.25) is 0 Å². The third-order valence-electron chi connectivity index (χ3n) is 5.81. The summed E-state index contributed by atoms with van der Waals surface area (Å²) in [6.07, 6.45) is 1.65. The van der Waals surface area contributed by atoms with Gasteiger partial charge in [-0.15, -0.1) is 0 Å². The summed E-state index contributed by atoms with van der Waals surface area (Å²) in [5.41, 5.74) is 3.11. The van der Waals surface area contributed by atoms with Crippen LogP contribution in [0.4, 0.5) is 0 Å². The van der Waals surface area contributed by atoms with E-state index in [4.69, 9.17) is 14.2 Å². The molecule has 0 spiro atoms. The molecule has 33 heavy (non-hydrogen) atoms. The highest BCUT2D eigenvalue weighted by molar-refractivity contribution is 6.10. The smallest absolute Gasteiger partial charge is 0.200 e. The molecule has 0 amide bonds. The van der Waals surface area contributed by atoms with Gasteiger partial charge < -0.3 is 18.8 Å². The van der Waals surface area contributed by atoms with Crippen molar-refractivity contribution >= 4 is 16.7 Å². The molecule has 4 aromatic rings. The summed E-state index contributed by atoms with van der Waals surface area (Å²) >= 11 is 0. The summed E-state index contributed by atoms with van der Waals surface area (Å²) in [6.45, 7) is 3.41. The number of fused-ring (bicyclic) bond motifs is 2. The fourth-order valence-corrected chi connectivity index (χ4v) is 4.01. The lowest BCUT2D eigenvalue weighted by molar-refractivity contribution is 0.103. The van der Waals surface area contributed by atoms with E-state index in [9.17, 15) is 9.59 Å². The Bertz CT molecular complexity index is 1400. The zero-order chi connectivity index (χ0) is 22.9. The number of methoxy groups -OCH3 is 1. The van der Waals surface area contributed by atoms with Crippen LogP contribution in [0.1, 0.15) is 27.0 Å². The molecule has 0 N–H and O–H groups in total. The Hall–Kier alpha value is -4.06. The molecule has 6 heteroatoms. The third-order valence-corrected chi connectivity index (χ3v) is 5.81. The monoisotopic (exact) mass is 441 g/mol. The van der Waals surface area contributed by atoms with Crippen molar-refractivity contribution < 1.29 is 19.0 Å². The molecule has 0 unspecified atom stereocenters. The van der Waals surface area contributed by atoms with Crippen molar-refractivity contribution in [1.82, 2.24) is 4.57 Å². The number of hydrogen-bond acceptors (Lipinski definition) is 5. The number of carbonyl (C=O) groups is 1. The molecule has 2 heterocycles. The number of nitrogens with zero attached hydrogens (tertiary/aromatic N) is 1. The van der Waals surface area contributed by atoms with Crippen molar-refractivity contribution in [2.75, 3.05) is 20.3 Å². The van der Waals surface area contributed by atoms with E-state index < -0.39 is 0 Å². The molecular formula is C27H23NO5. The maximum absolute atomic E-state index is 13.4. The minimum Gasteiger partial charge on any atom is -0.497 e. The molecule has 1 aromatic heterocycles. The molecule has 1 aliphatic heterocycles. The number of aryl methyl sites for hydroxylation is 1. The maximum atomic E-state index is 13.4. The van der Waals surface area contributed by atoms with Crippen molar-refractivity contribution in [3.63, 3.8) is 0 Å². The van der Waals surface area contributed by atoms with Gasteiger partial charge >= 0.3 is 0 Å². The van der Waals surface area contributed by atoms with E-state index in [1.807, 2.05) is 41.8 Å².